The van der Waals surface area contributed by atoms with Crippen molar-refractivity contribution in [1.82, 2.24) is 24.8 Å². The topological polar surface area (TPSA) is 83.4 Å². The second kappa shape index (κ2) is 8.05. The Bertz CT molecular complexity index is 1170. The van der Waals surface area contributed by atoms with Crippen LogP contribution in [0.3, 0.4) is 0 Å². The smallest absolute Gasteiger partial charge is 0.281 e. The van der Waals surface area contributed by atoms with E-state index in [-0.39, 0.29) is 23.6 Å². The standard InChI is InChI=1S/C22H26N6O2S/c1-14-12-26(2)13-17-24-20-18(21(30)28(14)17)25-22(31-20)27-10-6-9-16(27)19(29)23-11-15-7-4-3-5-8-15/h3-5,7-8,14,16H,6,9-13H2,1-2H3,(H,23,29)/t14-,16-/m1/s1. The van der Waals surface area contributed by atoms with Crippen molar-refractivity contribution in [3.63, 3.8) is 0 Å². The van der Waals surface area contributed by atoms with Crippen molar-refractivity contribution >= 4 is 32.7 Å². The van der Waals surface area contributed by atoms with Crippen molar-refractivity contribution in [3.05, 3.63) is 52.1 Å². The number of carbonyl (C=O) groups excluding carboxylic acids is 1. The zero-order chi connectivity index (χ0) is 21.5. The normalized spacial score (nSPS) is 21.4. The number of hydrogen-bond acceptors (Lipinski definition) is 7. The van der Waals surface area contributed by atoms with E-state index in [9.17, 15) is 9.59 Å². The number of aromatic nitrogens is 3. The quantitative estimate of drug-likeness (QED) is 0.672. The van der Waals surface area contributed by atoms with Crippen LogP contribution in [0.25, 0.3) is 10.3 Å². The molecular formula is C22H26N6O2S. The number of nitrogens with zero attached hydrogens (tertiary/aromatic N) is 5. The van der Waals surface area contributed by atoms with Crippen LogP contribution in [0.5, 0.6) is 0 Å². The average molecular weight is 439 g/mol. The van der Waals surface area contributed by atoms with E-state index in [0.29, 0.717) is 28.6 Å². The molecule has 1 amide bonds. The molecule has 0 aliphatic carbocycles. The lowest BCUT2D eigenvalue weighted by Gasteiger charge is -2.30. The maximum Gasteiger partial charge on any atom is 0.281 e. The monoisotopic (exact) mass is 438 g/mol. The molecule has 162 valence electrons. The first-order valence-corrected chi connectivity index (χ1v) is 11.5. The Kier molecular flexibility index (Phi) is 5.23. The summed E-state index contributed by atoms with van der Waals surface area (Å²) >= 11 is 1.41. The van der Waals surface area contributed by atoms with Gasteiger partial charge >= 0.3 is 0 Å². The first-order chi connectivity index (χ1) is 15.0. The van der Waals surface area contributed by atoms with Crippen LogP contribution in [0, 0.1) is 0 Å². The van der Waals surface area contributed by atoms with Crippen LogP contribution in [0.1, 0.15) is 37.2 Å². The van der Waals surface area contributed by atoms with Crippen molar-refractivity contribution in [1.29, 1.82) is 0 Å². The summed E-state index contributed by atoms with van der Waals surface area (Å²) in [4.78, 5) is 40.3. The number of fused-ring (bicyclic) bond motifs is 2. The summed E-state index contributed by atoms with van der Waals surface area (Å²) in [5, 5.41) is 3.76. The second-order valence-corrected chi connectivity index (χ2v) is 9.41. The molecule has 0 spiro atoms. The Balaban J connectivity index is 1.41. The van der Waals surface area contributed by atoms with E-state index in [2.05, 4.69) is 15.2 Å². The Morgan fingerprint density at radius 3 is 2.87 bits per heavy atom. The van der Waals surface area contributed by atoms with Crippen molar-refractivity contribution in [3.8, 4) is 0 Å². The molecule has 2 aliphatic rings. The summed E-state index contributed by atoms with van der Waals surface area (Å²) in [5.74, 6) is 0.785. The number of carbonyl (C=O) groups is 1. The Morgan fingerprint density at radius 2 is 2.06 bits per heavy atom. The van der Waals surface area contributed by atoms with Gasteiger partial charge in [0.05, 0.1) is 6.54 Å². The van der Waals surface area contributed by atoms with E-state index < -0.39 is 0 Å². The van der Waals surface area contributed by atoms with Crippen molar-refractivity contribution < 1.29 is 4.79 Å². The lowest BCUT2D eigenvalue weighted by atomic mass is 10.2. The van der Waals surface area contributed by atoms with Crippen LogP contribution >= 0.6 is 11.3 Å². The van der Waals surface area contributed by atoms with Crippen LogP contribution in [-0.2, 0) is 17.9 Å². The predicted octanol–water partition coefficient (Wildman–Crippen LogP) is 2.14. The molecule has 1 N–H and O–H groups in total. The highest BCUT2D eigenvalue weighted by atomic mass is 32.1. The fraction of sp³-hybridized carbons (Fsp3) is 0.455. The first kappa shape index (κ1) is 20.1. The zero-order valence-electron chi connectivity index (χ0n) is 17.7. The predicted molar refractivity (Wildman–Crippen MR) is 121 cm³/mol. The average Bonchev–Trinajstić information content (AvgIpc) is 3.39. The van der Waals surface area contributed by atoms with E-state index in [1.165, 1.54) is 11.3 Å². The molecule has 31 heavy (non-hydrogen) atoms. The molecule has 2 atom stereocenters. The Hall–Kier alpha value is -2.78. The largest absolute Gasteiger partial charge is 0.350 e. The number of benzene rings is 1. The molecule has 2 aromatic heterocycles. The van der Waals surface area contributed by atoms with Crippen LogP contribution in [0.15, 0.2) is 35.1 Å². The Morgan fingerprint density at radius 1 is 1.26 bits per heavy atom. The lowest BCUT2D eigenvalue weighted by Crippen LogP contribution is -2.43. The van der Waals surface area contributed by atoms with Crippen LogP contribution in [0.2, 0.25) is 0 Å². The van der Waals surface area contributed by atoms with Gasteiger partial charge in [-0.3, -0.25) is 19.1 Å². The van der Waals surface area contributed by atoms with E-state index in [4.69, 9.17) is 4.98 Å². The van der Waals surface area contributed by atoms with Crippen LogP contribution in [0.4, 0.5) is 5.13 Å². The van der Waals surface area contributed by atoms with Gasteiger partial charge in [-0.1, -0.05) is 41.7 Å². The maximum absolute atomic E-state index is 13.1. The van der Waals surface area contributed by atoms with Crippen LogP contribution < -0.4 is 15.8 Å². The van der Waals surface area contributed by atoms with Gasteiger partial charge in [0.25, 0.3) is 5.56 Å². The second-order valence-electron chi connectivity index (χ2n) is 8.45. The molecule has 1 fully saturated rings. The van der Waals surface area contributed by atoms with Gasteiger partial charge in [0.2, 0.25) is 5.91 Å². The van der Waals surface area contributed by atoms with E-state index in [1.807, 2.05) is 49.2 Å². The van der Waals surface area contributed by atoms with Gasteiger partial charge in [-0.25, -0.2) is 9.97 Å². The highest BCUT2D eigenvalue weighted by Crippen LogP contribution is 2.32. The van der Waals surface area contributed by atoms with Gasteiger partial charge in [-0.05, 0) is 32.4 Å². The summed E-state index contributed by atoms with van der Waals surface area (Å²) < 4.78 is 1.78. The SMILES string of the molecule is C[C@@H]1CN(C)Cc2nc3sc(N4CCC[C@@H]4C(=O)NCc4ccccc4)nc3c(=O)n21. The first-order valence-electron chi connectivity index (χ1n) is 10.7. The molecule has 1 saturated heterocycles. The van der Waals surface area contributed by atoms with Crippen molar-refractivity contribution in [2.24, 2.45) is 0 Å². The highest BCUT2D eigenvalue weighted by Gasteiger charge is 2.33. The molecule has 5 rings (SSSR count). The molecule has 2 aliphatic heterocycles. The number of rotatable bonds is 4. The molecule has 0 radical (unpaired) electrons. The minimum absolute atomic E-state index is 0.000156. The fourth-order valence-corrected chi connectivity index (χ4v) is 5.64. The number of likely N-dealkylation sites (N-methyl/N-ethyl adjacent to an activating group) is 1. The number of hydrogen-bond donors (Lipinski definition) is 1. The number of amides is 1. The van der Waals surface area contributed by atoms with E-state index in [0.717, 1.165) is 37.3 Å². The van der Waals surface area contributed by atoms with Gasteiger partial charge in [0.1, 0.15) is 11.9 Å². The molecular weight excluding hydrogens is 412 g/mol. The minimum atomic E-state index is -0.272. The minimum Gasteiger partial charge on any atom is -0.350 e. The molecule has 0 unspecified atom stereocenters. The van der Waals surface area contributed by atoms with E-state index >= 15 is 0 Å². The zero-order valence-corrected chi connectivity index (χ0v) is 18.6. The van der Waals surface area contributed by atoms with Gasteiger partial charge in [-0.15, -0.1) is 0 Å². The summed E-state index contributed by atoms with van der Waals surface area (Å²) in [5.41, 5.74) is 1.41. The number of anilines is 1. The molecule has 0 saturated carbocycles. The number of thiazole rings is 1. The number of nitrogens with one attached hydrogen (secondary N) is 1. The van der Waals surface area contributed by atoms with Crippen molar-refractivity contribution in [2.75, 3.05) is 25.0 Å². The molecule has 1 aromatic carbocycles. The highest BCUT2D eigenvalue weighted by molar-refractivity contribution is 7.21. The third-order valence-corrected chi connectivity index (χ3v) is 7.05. The van der Waals surface area contributed by atoms with E-state index in [1.54, 1.807) is 4.57 Å². The fourth-order valence-electron chi connectivity index (χ4n) is 4.62. The molecule has 3 aromatic rings. The van der Waals surface area contributed by atoms with Gasteiger partial charge in [0.15, 0.2) is 15.5 Å². The lowest BCUT2D eigenvalue weighted by molar-refractivity contribution is -0.122. The van der Waals surface area contributed by atoms with Gasteiger partial charge < -0.3 is 10.2 Å². The molecule has 4 heterocycles. The molecule has 0 bridgehead atoms. The summed E-state index contributed by atoms with van der Waals surface area (Å²) in [7, 11) is 2.04. The summed E-state index contributed by atoms with van der Waals surface area (Å²) in [6, 6.07) is 9.68. The molecule has 9 heteroatoms. The van der Waals surface area contributed by atoms with Crippen molar-refractivity contribution in [2.45, 2.75) is 44.9 Å². The summed E-state index contributed by atoms with van der Waals surface area (Å²) in [6.45, 7) is 4.76. The third-order valence-electron chi connectivity index (χ3n) is 6.07. The summed E-state index contributed by atoms with van der Waals surface area (Å²) in [6.07, 6.45) is 1.70. The van der Waals surface area contributed by atoms with Crippen LogP contribution in [-0.4, -0.2) is 51.5 Å². The van der Waals surface area contributed by atoms with Gasteiger partial charge in [0, 0.05) is 25.7 Å². The molecule has 8 nitrogen and oxygen atoms in total. The Labute approximate surface area is 184 Å². The van der Waals surface area contributed by atoms with Gasteiger partial charge in [-0.2, -0.15) is 0 Å². The third kappa shape index (κ3) is 3.72. The maximum atomic E-state index is 13.1.